The van der Waals surface area contributed by atoms with Gasteiger partial charge in [0.1, 0.15) is 17.4 Å². The summed E-state index contributed by atoms with van der Waals surface area (Å²) in [5, 5.41) is 1.11. The van der Waals surface area contributed by atoms with E-state index in [2.05, 4.69) is 0 Å². The molecule has 2 amide bonds. The maximum absolute atomic E-state index is 12.7. The van der Waals surface area contributed by atoms with Gasteiger partial charge in [0, 0.05) is 7.05 Å². The van der Waals surface area contributed by atoms with Gasteiger partial charge < -0.3 is 9.47 Å². The number of hydroxylamine groups is 2. The molecule has 7 nitrogen and oxygen atoms in total. The number of likely N-dealkylation sites (N-methyl/N-ethyl adjacent to an activating group) is 1. The van der Waals surface area contributed by atoms with Crippen molar-refractivity contribution in [2.24, 2.45) is 5.92 Å². The highest BCUT2D eigenvalue weighted by Gasteiger charge is 2.55. The van der Waals surface area contributed by atoms with Gasteiger partial charge in [0.15, 0.2) is 0 Å². The monoisotopic (exact) mass is 330 g/mol. The van der Waals surface area contributed by atoms with Crippen molar-refractivity contribution in [1.82, 2.24) is 9.96 Å². The Morgan fingerprint density at radius 1 is 1.26 bits per heavy atom. The Morgan fingerprint density at radius 2 is 1.78 bits per heavy atom. The highest BCUT2D eigenvalue weighted by Crippen LogP contribution is 2.37. The fourth-order valence-corrected chi connectivity index (χ4v) is 2.61. The molecule has 1 saturated heterocycles. The van der Waals surface area contributed by atoms with Gasteiger partial charge >= 0.3 is 6.09 Å². The predicted octanol–water partition coefficient (Wildman–Crippen LogP) is 2.40. The summed E-state index contributed by atoms with van der Waals surface area (Å²) in [5.74, 6) is -0.302. The molecule has 0 radical (unpaired) electrons. The van der Waals surface area contributed by atoms with Crippen molar-refractivity contribution in [2.75, 3.05) is 14.2 Å². The van der Waals surface area contributed by atoms with Gasteiger partial charge in [-0.25, -0.2) is 9.86 Å². The summed E-state index contributed by atoms with van der Waals surface area (Å²) in [5.41, 5.74) is -1.62. The molecule has 1 aliphatic heterocycles. The maximum atomic E-state index is 12.7. The first-order valence-corrected chi connectivity index (χ1v) is 7.83. The Balaban J connectivity index is 3.24. The number of carbonyl (C=O) groups is 2. The van der Waals surface area contributed by atoms with Gasteiger partial charge in [0.2, 0.25) is 0 Å². The van der Waals surface area contributed by atoms with E-state index in [4.69, 9.17) is 14.3 Å². The Hall–Kier alpha value is -1.34. The maximum Gasteiger partial charge on any atom is 0.413 e. The minimum Gasteiger partial charge on any atom is -0.444 e. The minimum atomic E-state index is -0.952. The van der Waals surface area contributed by atoms with Crippen molar-refractivity contribution < 1.29 is 23.9 Å². The third-order valence-electron chi connectivity index (χ3n) is 3.68. The van der Waals surface area contributed by atoms with Crippen molar-refractivity contribution in [3.8, 4) is 0 Å². The van der Waals surface area contributed by atoms with Crippen LogP contribution in [0.2, 0.25) is 0 Å². The summed E-state index contributed by atoms with van der Waals surface area (Å²) in [6.45, 7) is 12.8. The van der Waals surface area contributed by atoms with Crippen molar-refractivity contribution in [3.63, 3.8) is 0 Å². The minimum absolute atomic E-state index is 0.0425. The molecule has 0 aromatic heterocycles. The predicted molar refractivity (Wildman–Crippen MR) is 85.4 cm³/mol. The van der Waals surface area contributed by atoms with E-state index in [1.54, 1.807) is 34.6 Å². The molecule has 1 rings (SSSR count). The SMILES string of the molecule is CON(C)C(=O)[C@@H]1[C@@H](C(C)C)OC(C)(C)N1C(=O)OC(C)(C)C. The highest BCUT2D eigenvalue weighted by molar-refractivity contribution is 5.86. The van der Waals surface area contributed by atoms with E-state index in [0.717, 1.165) is 5.06 Å². The van der Waals surface area contributed by atoms with Crippen LogP contribution in [0.25, 0.3) is 0 Å². The molecular weight excluding hydrogens is 300 g/mol. The molecule has 134 valence electrons. The molecule has 1 fully saturated rings. The molecule has 7 heteroatoms. The van der Waals surface area contributed by atoms with E-state index in [0.29, 0.717) is 0 Å². The van der Waals surface area contributed by atoms with Crippen LogP contribution < -0.4 is 0 Å². The number of hydrogen-bond donors (Lipinski definition) is 0. The number of ether oxygens (including phenoxy) is 2. The van der Waals surface area contributed by atoms with Crippen LogP contribution in [0.15, 0.2) is 0 Å². The number of hydrogen-bond acceptors (Lipinski definition) is 5. The lowest BCUT2D eigenvalue weighted by molar-refractivity contribution is -0.175. The van der Waals surface area contributed by atoms with Crippen molar-refractivity contribution in [2.45, 2.75) is 71.9 Å². The van der Waals surface area contributed by atoms with Crippen LogP contribution in [0.4, 0.5) is 4.79 Å². The number of nitrogens with zero attached hydrogens (tertiary/aromatic N) is 2. The van der Waals surface area contributed by atoms with Crippen LogP contribution >= 0.6 is 0 Å². The lowest BCUT2D eigenvalue weighted by Gasteiger charge is -2.35. The molecule has 0 saturated carbocycles. The van der Waals surface area contributed by atoms with Crippen LogP contribution in [-0.4, -0.2) is 59.6 Å². The highest BCUT2D eigenvalue weighted by atomic mass is 16.7. The van der Waals surface area contributed by atoms with E-state index >= 15 is 0 Å². The van der Waals surface area contributed by atoms with E-state index in [9.17, 15) is 9.59 Å². The van der Waals surface area contributed by atoms with Crippen LogP contribution in [0.1, 0.15) is 48.5 Å². The molecule has 0 aliphatic carbocycles. The number of carbonyl (C=O) groups excluding carboxylic acids is 2. The number of amides is 2. The molecule has 1 heterocycles. The first-order valence-electron chi connectivity index (χ1n) is 7.83. The van der Waals surface area contributed by atoms with E-state index < -0.39 is 29.6 Å². The second-order valence-electron chi connectivity index (χ2n) is 7.59. The van der Waals surface area contributed by atoms with Crippen LogP contribution in [0.5, 0.6) is 0 Å². The molecule has 2 atom stereocenters. The third kappa shape index (κ3) is 4.35. The lowest BCUT2D eigenvalue weighted by atomic mass is 9.98. The Kier molecular flexibility index (Phi) is 5.70. The van der Waals surface area contributed by atoms with E-state index in [-0.39, 0.29) is 11.8 Å². The van der Waals surface area contributed by atoms with Gasteiger partial charge in [-0.2, -0.15) is 0 Å². The summed E-state index contributed by atoms with van der Waals surface area (Å²) >= 11 is 0. The third-order valence-corrected chi connectivity index (χ3v) is 3.68. The summed E-state index contributed by atoms with van der Waals surface area (Å²) in [4.78, 5) is 31.8. The standard InChI is InChI=1S/C16H30N2O5/c1-10(2)12-11(13(19)17(8)21-9)18(16(6,7)22-12)14(20)23-15(3,4)5/h10-12H,1-9H3/t11-,12+/m0/s1. The van der Waals surface area contributed by atoms with E-state index in [1.165, 1.54) is 19.1 Å². The molecule has 0 unspecified atom stereocenters. The molecule has 0 N–H and O–H groups in total. The largest absolute Gasteiger partial charge is 0.444 e. The average molecular weight is 330 g/mol. The van der Waals surface area contributed by atoms with Gasteiger partial charge in [0.05, 0.1) is 13.2 Å². The number of rotatable bonds is 3. The van der Waals surface area contributed by atoms with Crippen LogP contribution in [-0.2, 0) is 19.1 Å². The zero-order valence-electron chi connectivity index (χ0n) is 15.7. The van der Waals surface area contributed by atoms with Gasteiger partial charge in [-0.15, -0.1) is 0 Å². The Labute approximate surface area is 138 Å². The zero-order valence-corrected chi connectivity index (χ0v) is 15.7. The topological polar surface area (TPSA) is 68.3 Å². The van der Waals surface area contributed by atoms with Crippen molar-refractivity contribution >= 4 is 12.0 Å². The molecule has 0 spiro atoms. The molecule has 0 bridgehead atoms. The first kappa shape index (κ1) is 19.7. The normalized spacial score (nSPS) is 24.0. The fourth-order valence-electron chi connectivity index (χ4n) is 2.61. The fraction of sp³-hybridized carbons (Fsp3) is 0.875. The summed E-state index contributed by atoms with van der Waals surface area (Å²) in [7, 11) is 2.92. The molecule has 0 aromatic carbocycles. The second kappa shape index (κ2) is 6.65. The van der Waals surface area contributed by atoms with Crippen LogP contribution in [0.3, 0.4) is 0 Å². The Bertz CT molecular complexity index is 456. The summed E-state index contributed by atoms with van der Waals surface area (Å²) in [6.07, 6.45) is -1.02. The lowest BCUT2D eigenvalue weighted by Crippen LogP contribution is -2.56. The molecule has 0 aromatic rings. The van der Waals surface area contributed by atoms with Gasteiger partial charge in [-0.3, -0.25) is 14.5 Å². The second-order valence-corrected chi connectivity index (χ2v) is 7.59. The summed E-state index contributed by atoms with van der Waals surface area (Å²) < 4.78 is 11.5. The molecule has 23 heavy (non-hydrogen) atoms. The Morgan fingerprint density at radius 3 is 2.17 bits per heavy atom. The quantitative estimate of drug-likeness (QED) is 0.743. The van der Waals surface area contributed by atoms with Gasteiger partial charge in [-0.1, -0.05) is 13.8 Å². The van der Waals surface area contributed by atoms with Crippen molar-refractivity contribution in [3.05, 3.63) is 0 Å². The molecule has 1 aliphatic rings. The van der Waals surface area contributed by atoms with Gasteiger partial charge in [0.25, 0.3) is 5.91 Å². The summed E-state index contributed by atoms with van der Waals surface area (Å²) in [6, 6.07) is -0.801. The van der Waals surface area contributed by atoms with Crippen LogP contribution in [0, 0.1) is 5.92 Å². The van der Waals surface area contributed by atoms with Crippen molar-refractivity contribution in [1.29, 1.82) is 0 Å². The zero-order chi connectivity index (χ0) is 18.2. The first-order chi connectivity index (χ1) is 10.3. The van der Waals surface area contributed by atoms with E-state index in [1.807, 2.05) is 13.8 Å². The average Bonchev–Trinajstić information content (AvgIpc) is 2.66. The smallest absolute Gasteiger partial charge is 0.413 e. The van der Waals surface area contributed by atoms with Gasteiger partial charge in [-0.05, 0) is 40.5 Å². The molecular formula is C16H30N2O5.